The molecular formula is C13H16BrNO3. The minimum absolute atomic E-state index is 0.119. The molecule has 0 saturated carbocycles. The van der Waals surface area contributed by atoms with Crippen LogP contribution in [-0.2, 0) is 11.2 Å². The van der Waals surface area contributed by atoms with E-state index in [1.165, 1.54) is 5.56 Å². The summed E-state index contributed by atoms with van der Waals surface area (Å²) in [5, 5.41) is 8.63. The fraction of sp³-hybridized carbons (Fsp3) is 0.462. The average molecular weight is 314 g/mol. The first-order valence-electron chi connectivity index (χ1n) is 5.90. The molecule has 2 rings (SSSR count). The van der Waals surface area contributed by atoms with Crippen molar-refractivity contribution in [3.63, 3.8) is 0 Å². The van der Waals surface area contributed by atoms with Crippen LogP contribution in [0.2, 0.25) is 0 Å². The van der Waals surface area contributed by atoms with Crippen LogP contribution in [0.3, 0.4) is 0 Å². The van der Waals surface area contributed by atoms with Gasteiger partial charge in [-0.2, -0.15) is 0 Å². The number of fused-ring (bicyclic) bond motifs is 1. The first-order valence-corrected chi connectivity index (χ1v) is 6.69. The fourth-order valence-electron chi connectivity index (χ4n) is 2.12. The predicted octanol–water partition coefficient (Wildman–Crippen LogP) is 2.16. The number of nitrogens with zero attached hydrogens (tertiary/aromatic N) is 1. The Morgan fingerprint density at radius 3 is 3.11 bits per heavy atom. The predicted molar refractivity (Wildman–Crippen MR) is 72.0 cm³/mol. The molecule has 0 aromatic heterocycles. The standard InChI is InChI=1S/C13H16BrNO3/c1-15(5-4-13(16)17)8-11-7-9-6-10(14)2-3-12(9)18-11/h2-3,6,11H,4-5,7-8H2,1H3,(H,16,17). The number of hydrogen-bond acceptors (Lipinski definition) is 3. The fourth-order valence-corrected chi connectivity index (χ4v) is 2.52. The van der Waals surface area contributed by atoms with E-state index in [9.17, 15) is 4.79 Å². The maximum Gasteiger partial charge on any atom is 0.304 e. The Balaban J connectivity index is 1.85. The first-order chi connectivity index (χ1) is 8.54. The lowest BCUT2D eigenvalue weighted by Gasteiger charge is -2.19. The number of carbonyl (C=O) groups is 1. The number of ether oxygens (including phenoxy) is 1. The Hall–Kier alpha value is -1.07. The first kappa shape index (κ1) is 13.4. The molecule has 1 atom stereocenters. The number of carboxylic acid groups (broad SMARTS) is 1. The van der Waals surface area contributed by atoms with Crippen LogP contribution in [0.5, 0.6) is 5.75 Å². The van der Waals surface area contributed by atoms with E-state index in [0.717, 1.165) is 23.2 Å². The van der Waals surface area contributed by atoms with Crippen molar-refractivity contribution >= 4 is 21.9 Å². The molecule has 1 aromatic carbocycles. The molecule has 0 radical (unpaired) electrons. The van der Waals surface area contributed by atoms with Crippen molar-refractivity contribution in [3.8, 4) is 5.75 Å². The Kier molecular flexibility index (Phi) is 4.24. The van der Waals surface area contributed by atoms with E-state index in [2.05, 4.69) is 22.0 Å². The van der Waals surface area contributed by atoms with Crippen molar-refractivity contribution in [1.82, 2.24) is 4.90 Å². The highest BCUT2D eigenvalue weighted by Gasteiger charge is 2.24. The van der Waals surface area contributed by atoms with Gasteiger partial charge in [0.1, 0.15) is 11.9 Å². The molecule has 1 aromatic rings. The molecule has 0 fully saturated rings. The van der Waals surface area contributed by atoms with Crippen LogP contribution in [-0.4, -0.2) is 42.2 Å². The zero-order chi connectivity index (χ0) is 13.1. The van der Waals surface area contributed by atoms with E-state index in [0.29, 0.717) is 6.54 Å². The van der Waals surface area contributed by atoms with Crippen molar-refractivity contribution in [1.29, 1.82) is 0 Å². The van der Waals surface area contributed by atoms with Gasteiger partial charge >= 0.3 is 5.97 Å². The van der Waals surface area contributed by atoms with E-state index in [4.69, 9.17) is 9.84 Å². The molecule has 5 heteroatoms. The highest BCUT2D eigenvalue weighted by Crippen LogP contribution is 2.31. The summed E-state index contributed by atoms with van der Waals surface area (Å²) in [6.45, 7) is 1.30. The van der Waals surface area contributed by atoms with Crippen molar-refractivity contribution in [2.45, 2.75) is 18.9 Å². The average Bonchev–Trinajstić information content (AvgIpc) is 2.67. The van der Waals surface area contributed by atoms with Crippen molar-refractivity contribution < 1.29 is 14.6 Å². The number of aliphatic carboxylic acids is 1. The number of likely N-dealkylation sites (N-methyl/N-ethyl adjacent to an activating group) is 1. The number of carboxylic acids is 1. The highest BCUT2D eigenvalue weighted by molar-refractivity contribution is 9.10. The molecule has 1 aliphatic heterocycles. The lowest BCUT2D eigenvalue weighted by molar-refractivity contribution is -0.137. The maximum absolute atomic E-state index is 10.5. The topological polar surface area (TPSA) is 49.8 Å². The summed E-state index contributed by atoms with van der Waals surface area (Å²) in [7, 11) is 1.92. The van der Waals surface area contributed by atoms with Gasteiger partial charge in [0.15, 0.2) is 0 Å². The largest absolute Gasteiger partial charge is 0.488 e. The Bertz CT molecular complexity index is 450. The van der Waals surface area contributed by atoms with Gasteiger partial charge in [0, 0.05) is 24.0 Å². The Labute approximate surface area is 115 Å². The number of hydrogen-bond donors (Lipinski definition) is 1. The zero-order valence-electron chi connectivity index (χ0n) is 10.2. The van der Waals surface area contributed by atoms with Gasteiger partial charge in [0.2, 0.25) is 0 Å². The summed E-state index contributed by atoms with van der Waals surface area (Å²) in [5.41, 5.74) is 1.21. The minimum Gasteiger partial charge on any atom is -0.488 e. The van der Waals surface area contributed by atoms with Crippen LogP contribution in [0.25, 0.3) is 0 Å². The van der Waals surface area contributed by atoms with Gasteiger partial charge in [-0.1, -0.05) is 15.9 Å². The SMILES string of the molecule is CN(CCC(=O)O)CC1Cc2cc(Br)ccc2O1. The molecule has 0 spiro atoms. The van der Waals surface area contributed by atoms with Crippen LogP contribution in [0.15, 0.2) is 22.7 Å². The summed E-state index contributed by atoms with van der Waals surface area (Å²) < 4.78 is 6.89. The van der Waals surface area contributed by atoms with Gasteiger partial charge in [-0.3, -0.25) is 4.79 Å². The number of rotatable bonds is 5. The molecule has 0 aliphatic carbocycles. The van der Waals surface area contributed by atoms with Crippen molar-refractivity contribution in [3.05, 3.63) is 28.2 Å². The van der Waals surface area contributed by atoms with Gasteiger partial charge < -0.3 is 14.7 Å². The lowest BCUT2D eigenvalue weighted by Crippen LogP contribution is -2.33. The van der Waals surface area contributed by atoms with E-state index in [1.54, 1.807) is 0 Å². The van der Waals surface area contributed by atoms with E-state index >= 15 is 0 Å². The number of benzene rings is 1. The summed E-state index contributed by atoms with van der Waals surface area (Å²) in [6, 6.07) is 6.01. The molecule has 0 saturated heterocycles. The molecule has 1 aliphatic rings. The van der Waals surface area contributed by atoms with Gasteiger partial charge in [0.05, 0.1) is 6.42 Å². The molecule has 0 amide bonds. The third-order valence-corrected chi connectivity index (χ3v) is 3.48. The third-order valence-electron chi connectivity index (χ3n) is 2.99. The van der Waals surface area contributed by atoms with E-state index in [1.807, 2.05) is 24.1 Å². The van der Waals surface area contributed by atoms with Crippen LogP contribution in [0.4, 0.5) is 0 Å². The molecular weight excluding hydrogens is 298 g/mol. The number of halogens is 1. The maximum atomic E-state index is 10.5. The van der Waals surface area contributed by atoms with E-state index in [-0.39, 0.29) is 12.5 Å². The van der Waals surface area contributed by atoms with Crippen LogP contribution in [0.1, 0.15) is 12.0 Å². The van der Waals surface area contributed by atoms with Crippen LogP contribution < -0.4 is 4.74 Å². The summed E-state index contributed by atoms with van der Waals surface area (Å²) >= 11 is 3.45. The normalized spacial score (nSPS) is 17.6. The third kappa shape index (κ3) is 3.46. The lowest BCUT2D eigenvalue weighted by atomic mass is 10.1. The molecule has 98 valence electrons. The van der Waals surface area contributed by atoms with Gasteiger partial charge in [0.25, 0.3) is 0 Å². The Morgan fingerprint density at radius 2 is 2.39 bits per heavy atom. The second-order valence-electron chi connectivity index (χ2n) is 4.60. The summed E-state index contributed by atoms with van der Waals surface area (Å²) in [4.78, 5) is 12.5. The second-order valence-corrected chi connectivity index (χ2v) is 5.52. The Morgan fingerprint density at radius 1 is 1.61 bits per heavy atom. The van der Waals surface area contributed by atoms with Gasteiger partial charge in [-0.15, -0.1) is 0 Å². The molecule has 1 N–H and O–H groups in total. The monoisotopic (exact) mass is 313 g/mol. The molecule has 0 bridgehead atoms. The summed E-state index contributed by atoms with van der Waals surface area (Å²) in [6.07, 6.45) is 1.17. The van der Waals surface area contributed by atoms with E-state index < -0.39 is 5.97 Å². The molecule has 4 nitrogen and oxygen atoms in total. The summed E-state index contributed by atoms with van der Waals surface area (Å²) in [5.74, 6) is 0.177. The second kappa shape index (κ2) is 5.71. The van der Waals surface area contributed by atoms with Crippen LogP contribution >= 0.6 is 15.9 Å². The minimum atomic E-state index is -0.763. The van der Waals surface area contributed by atoms with Gasteiger partial charge in [-0.25, -0.2) is 0 Å². The van der Waals surface area contributed by atoms with Crippen molar-refractivity contribution in [2.75, 3.05) is 20.1 Å². The van der Waals surface area contributed by atoms with Crippen molar-refractivity contribution in [2.24, 2.45) is 0 Å². The smallest absolute Gasteiger partial charge is 0.304 e. The van der Waals surface area contributed by atoms with Gasteiger partial charge in [-0.05, 0) is 30.8 Å². The van der Waals surface area contributed by atoms with Crippen LogP contribution in [0, 0.1) is 0 Å². The molecule has 1 heterocycles. The molecule has 18 heavy (non-hydrogen) atoms. The zero-order valence-corrected chi connectivity index (χ0v) is 11.8. The quantitative estimate of drug-likeness (QED) is 0.905. The molecule has 1 unspecified atom stereocenters. The highest BCUT2D eigenvalue weighted by atomic mass is 79.9.